The van der Waals surface area contributed by atoms with Gasteiger partial charge in [0.05, 0.1) is 17.4 Å². The predicted molar refractivity (Wildman–Crippen MR) is 70.4 cm³/mol. The highest BCUT2D eigenvalue weighted by molar-refractivity contribution is 6.30. The number of halogens is 1. The lowest BCUT2D eigenvalue weighted by atomic mass is 10.1. The van der Waals surface area contributed by atoms with Gasteiger partial charge in [0, 0.05) is 12.6 Å². The highest BCUT2D eigenvalue weighted by atomic mass is 35.5. The fourth-order valence-corrected chi connectivity index (χ4v) is 2.23. The number of anilines is 1. The van der Waals surface area contributed by atoms with Crippen LogP contribution in [0, 0.1) is 0 Å². The first-order chi connectivity index (χ1) is 8.25. The van der Waals surface area contributed by atoms with Gasteiger partial charge in [0.2, 0.25) is 5.95 Å². The van der Waals surface area contributed by atoms with Crippen LogP contribution < -0.4 is 5.32 Å². The maximum Gasteiger partial charge on any atom is 0.222 e. The van der Waals surface area contributed by atoms with Gasteiger partial charge in [0.25, 0.3) is 0 Å². The Hall–Kier alpha value is -0.870. The lowest BCUT2D eigenvalue weighted by Crippen LogP contribution is -2.41. The first-order valence-corrected chi connectivity index (χ1v) is 6.59. The molecule has 1 aromatic rings. The van der Waals surface area contributed by atoms with Crippen LogP contribution in [0.2, 0.25) is 5.02 Å². The molecule has 0 bridgehead atoms. The van der Waals surface area contributed by atoms with E-state index in [1.165, 1.54) is 32.4 Å². The smallest absolute Gasteiger partial charge is 0.222 e. The molecule has 1 atom stereocenters. The first-order valence-electron chi connectivity index (χ1n) is 6.21. The Balaban J connectivity index is 1.78. The van der Waals surface area contributed by atoms with Crippen LogP contribution in [0.15, 0.2) is 12.4 Å². The molecule has 2 heterocycles. The largest absolute Gasteiger partial charge is 0.353 e. The SMILES string of the molecule is CC(CNc1ncc(Cl)cn1)N1CCCCC1. The third-order valence-electron chi connectivity index (χ3n) is 3.19. The zero-order valence-corrected chi connectivity index (χ0v) is 11.0. The van der Waals surface area contributed by atoms with E-state index in [1.54, 1.807) is 12.4 Å². The summed E-state index contributed by atoms with van der Waals surface area (Å²) < 4.78 is 0. The maximum atomic E-state index is 5.74. The zero-order chi connectivity index (χ0) is 12.1. The Morgan fingerprint density at radius 2 is 1.94 bits per heavy atom. The molecule has 1 fully saturated rings. The van der Waals surface area contributed by atoms with Crippen LogP contribution >= 0.6 is 11.6 Å². The quantitative estimate of drug-likeness (QED) is 0.896. The first kappa shape index (κ1) is 12.6. The Kier molecular flexibility index (Phi) is 4.57. The summed E-state index contributed by atoms with van der Waals surface area (Å²) in [6.45, 7) is 5.55. The van der Waals surface area contributed by atoms with E-state index in [0.29, 0.717) is 17.0 Å². The summed E-state index contributed by atoms with van der Waals surface area (Å²) in [5.74, 6) is 0.651. The van der Waals surface area contributed by atoms with Crippen molar-refractivity contribution in [3.8, 4) is 0 Å². The van der Waals surface area contributed by atoms with E-state index >= 15 is 0 Å². The Bertz CT molecular complexity index is 335. The highest BCUT2D eigenvalue weighted by Gasteiger charge is 2.16. The molecular formula is C12H19ClN4. The number of likely N-dealkylation sites (tertiary alicyclic amines) is 1. The molecule has 1 aliphatic rings. The van der Waals surface area contributed by atoms with Gasteiger partial charge in [0.15, 0.2) is 0 Å². The van der Waals surface area contributed by atoms with E-state index in [4.69, 9.17) is 11.6 Å². The molecule has 1 N–H and O–H groups in total. The van der Waals surface area contributed by atoms with Crippen LogP contribution in [-0.4, -0.2) is 40.5 Å². The number of piperidine rings is 1. The van der Waals surface area contributed by atoms with Crippen molar-refractivity contribution in [2.75, 3.05) is 25.0 Å². The normalized spacial score (nSPS) is 18.9. The number of aromatic nitrogens is 2. The molecule has 1 unspecified atom stereocenters. The summed E-state index contributed by atoms with van der Waals surface area (Å²) in [6, 6.07) is 0.523. The van der Waals surface area contributed by atoms with E-state index in [2.05, 4.69) is 27.1 Å². The van der Waals surface area contributed by atoms with Crippen molar-refractivity contribution in [1.29, 1.82) is 0 Å². The Labute approximate surface area is 107 Å². The minimum Gasteiger partial charge on any atom is -0.353 e. The van der Waals surface area contributed by atoms with Gasteiger partial charge in [0.1, 0.15) is 0 Å². The standard InChI is InChI=1S/C12H19ClN4/c1-10(17-5-3-2-4-6-17)7-14-12-15-8-11(13)9-16-12/h8-10H,2-7H2,1H3,(H,14,15,16). The summed E-state index contributed by atoms with van der Waals surface area (Å²) in [5, 5.41) is 3.82. The van der Waals surface area contributed by atoms with Crippen molar-refractivity contribution < 1.29 is 0 Å². The maximum absolute atomic E-state index is 5.74. The number of hydrogen-bond acceptors (Lipinski definition) is 4. The lowest BCUT2D eigenvalue weighted by Gasteiger charge is -2.32. The van der Waals surface area contributed by atoms with E-state index < -0.39 is 0 Å². The van der Waals surface area contributed by atoms with Gasteiger partial charge in [-0.05, 0) is 32.9 Å². The monoisotopic (exact) mass is 254 g/mol. The van der Waals surface area contributed by atoms with Gasteiger partial charge < -0.3 is 5.32 Å². The van der Waals surface area contributed by atoms with Gasteiger partial charge >= 0.3 is 0 Å². The average molecular weight is 255 g/mol. The summed E-state index contributed by atoms with van der Waals surface area (Å²) in [6.07, 6.45) is 7.24. The molecule has 0 radical (unpaired) electrons. The molecule has 1 aromatic heterocycles. The van der Waals surface area contributed by atoms with Crippen molar-refractivity contribution in [3.05, 3.63) is 17.4 Å². The van der Waals surface area contributed by atoms with Crippen LogP contribution in [0.4, 0.5) is 5.95 Å². The summed E-state index contributed by atoms with van der Waals surface area (Å²) in [5.41, 5.74) is 0. The number of nitrogens with one attached hydrogen (secondary N) is 1. The number of nitrogens with zero attached hydrogens (tertiary/aromatic N) is 3. The highest BCUT2D eigenvalue weighted by Crippen LogP contribution is 2.12. The van der Waals surface area contributed by atoms with Gasteiger partial charge in [-0.25, -0.2) is 9.97 Å². The van der Waals surface area contributed by atoms with E-state index in [1.807, 2.05) is 0 Å². The number of rotatable bonds is 4. The third-order valence-corrected chi connectivity index (χ3v) is 3.39. The fourth-order valence-electron chi connectivity index (χ4n) is 2.13. The topological polar surface area (TPSA) is 41.1 Å². The molecule has 2 rings (SSSR count). The van der Waals surface area contributed by atoms with E-state index in [9.17, 15) is 0 Å². The molecular weight excluding hydrogens is 236 g/mol. The van der Waals surface area contributed by atoms with Gasteiger partial charge in [-0.15, -0.1) is 0 Å². The average Bonchev–Trinajstić information content (AvgIpc) is 2.39. The molecule has 17 heavy (non-hydrogen) atoms. The van der Waals surface area contributed by atoms with Crippen LogP contribution in [0.25, 0.3) is 0 Å². The molecule has 0 saturated carbocycles. The lowest BCUT2D eigenvalue weighted by molar-refractivity contribution is 0.180. The second kappa shape index (κ2) is 6.17. The van der Waals surface area contributed by atoms with Crippen molar-refractivity contribution in [3.63, 3.8) is 0 Å². The van der Waals surface area contributed by atoms with Crippen molar-refractivity contribution >= 4 is 17.5 Å². The van der Waals surface area contributed by atoms with Gasteiger partial charge in [-0.1, -0.05) is 18.0 Å². The Morgan fingerprint density at radius 1 is 1.29 bits per heavy atom. The number of hydrogen-bond donors (Lipinski definition) is 1. The summed E-state index contributed by atoms with van der Waals surface area (Å²) in [7, 11) is 0. The minimum atomic E-state index is 0.523. The molecule has 4 nitrogen and oxygen atoms in total. The predicted octanol–water partition coefficient (Wildman–Crippen LogP) is 2.42. The van der Waals surface area contributed by atoms with Gasteiger partial charge in [-0.3, -0.25) is 4.90 Å². The van der Waals surface area contributed by atoms with Crippen LogP contribution in [0.3, 0.4) is 0 Å². The summed E-state index contributed by atoms with van der Waals surface area (Å²) in [4.78, 5) is 10.8. The fraction of sp³-hybridized carbons (Fsp3) is 0.667. The third kappa shape index (κ3) is 3.82. The molecule has 0 amide bonds. The van der Waals surface area contributed by atoms with Gasteiger partial charge in [-0.2, -0.15) is 0 Å². The van der Waals surface area contributed by atoms with Crippen molar-refractivity contribution in [2.24, 2.45) is 0 Å². The zero-order valence-electron chi connectivity index (χ0n) is 10.2. The second-order valence-electron chi connectivity index (χ2n) is 4.55. The molecule has 0 aliphatic carbocycles. The molecule has 1 aliphatic heterocycles. The van der Waals surface area contributed by atoms with Crippen LogP contribution in [0.1, 0.15) is 26.2 Å². The van der Waals surface area contributed by atoms with Crippen molar-refractivity contribution in [2.45, 2.75) is 32.2 Å². The molecule has 0 aromatic carbocycles. The summed E-state index contributed by atoms with van der Waals surface area (Å²) >= 11 is 5.74. The molecule has 5 heteroatoms. The van der Waals surface area contributed by atoms with Crippen LogP contribution in [0.5, 0.6) is 0 Å². The molecule has 1 saturated heterocycles. The minimum absolute atomic E-state index is 0.523. The van der Waals surface area contributed by atoms with Crippen LogP contribution in [-0.2, 0) is 0 Å². The Morgan fingerprint density at radius 3 is 2.59 bits per heavy atom. The van der Waals surface area contributed by atoms with E-state index in [0.717, 1.165) is 6.54 Å². The molecule has 0 spiro atoms. The molecule has 94 valence electrons. The van der Waals surface area contributed by atoms with E-state index in [-0.39, 0.29) is 0 Å². The second-order valence-corrected chi connectivity index (χ2v) is 4.99. The van der Waals surface area contributed by atoms with Crippen molar-refractivity contribution in [1.82, 2.24) is 14.9 Å².